The van der Waals surface area contributed by atoms with Gasteiger partial charge in [-0.2, -0.15) is 0 Å². The van der Waals surface area contributed by atoms with E-state index in [4.69, 9.17) is 10.2 Å². The molecule has 1 aromatic heterocycles. The number of rotatable bonds is 3. The normalized spacial score (nSPS) is 22.3. The number of carboxylic acids is 1. The third kappa shape index (κ3) is 2.48. The van der Waals surface area contributed by atoms with E-state index in [1.807, 2.05) is 42.5 Å². The number of carbonyl (C=O) groups excluding carboxylic acids is 1. The lowest BCUT2D eigenvalue weighted by molar-refractivity contribution is -0.147. The number of β-lactam (4-membered cyclic amide) rings is 1. The fraction of sp³-hybridized carbons (Fsp3) is 0.158. The van der Waals surface area contributed by atoms with Crippen LogP contribution in [0, 0.1) is 0 Å². The van der Waals surface area contributed by atoms with E-state index in [9.17, 15) is 14.7 Å². The van der Waals surface area contributed by atoms with Crippen molar-refractivity contribution in [2.45, 2.75) is 16.3 Å². The summed E-state index contributed by atoms with van der Waals surface area (Å²) in [6.45, 7) is 0. The van der Waals surface area contributed by atoms with E-state index < -0.39 is 12.0 Å². The average Bonchev–Trinajstić information content (AvgIpc) is 3.05. The van der Waals surface area contributed by atoms with Crippen LogP contribution < -0.4 is 5.73 Å². The molecule has 1 fully saturated rings. The molecule has 2 atom stereocenters. The molecule has 0 saturated carbocycles. The van der Waals surface area contributed by atoms with Crippen molar-refractivity contribution in [3.05, 3.63) is 53.1 Å². The third-order valence-electron chi connectivity index (χ3n) is 4.77. The first-order valence-electron chi connectivity index (χ1n) is 8.30. The number of thioether (sulfide) groups is 2. The van der Waals surface area contributed by atoms with Crippen molar-refractivity contribution in [2.24, 2.45) is 5.73 Å². The number of amides is 1. The highest BCUT2D eigenvalue weighted by Gasteiger charge is 2.51. The Morgan fingerprint density at radius 3 is 2.81 bits per heavy atom. The van der Waals surface area contributed by atoms with Gasteiger partial charge in [0.2, 0.25) is 5.91 Å². The first-order valence-corrected chi connectivity index (χ1v) is 10.2. The third-order valence-corrected chi connectivity index (χ3v) is 7.32. The summed E-state index contributed by atoms with van der Waals surface area (Å²) in [5.74, 6) is -0.921. The maximum absolute atomic E-state index is 12.1. The summed E-state index contributed by atoms with van der Waals surface area (Å²) in [6.07, 6.45) is 0. The van der Waals surface area contributed by atoms with Crippen molar-refractivity contribution in [2.75, 3.05) is 5.75 Å². The number of carbonyl (C=O) groups is 2. The number of nitrogens with zero attached hydrogens (tertiary/aromatic N) is 1. The molecule has 5 rings (SSSR count). The average molecular weight is 398 g/mol. The molecule has 27 heavy (non-hydrogen) atoms. The van der Waals surface area contributed by atoms with Crippen molar-refractivity contribution in [3.8, 4) is 0 Å². The summed E-state index contributed by atoms with van der Waals surface area (Å²) in [6, 6.07) is 13.0. The van der Waals surface area contributed by atoms with E-state index >= 15 is 0 Å². The van der Waals surface area contributed by atoms with E-state index in [-0.39, 0.29) is 17.0 Å². The van der Waals surface area contributed by atoms with Gasteiger partial charge in [0, 0.05) is 26.3 Å². The van der Waals surface area contributed by atoms with Crippen LogP contribution in [0.1, 0.15) is 0 Å². The van der Waals surface area contributed by atoms with E-state index in [1.165, 1.54) is 28.4 Å². The Hall–Kier alpha value is -2.42. The molecule has 2 aliphatic rings. The smallest absolute Gasteiger partial charge is 0.353 e. The second-order valence-electron chi connectivity index (χ2n) is 6.37. The molecule has 3 heterocycles. The van der Waals surface area contributed by atoms with Gasteiger partial charge in [0.05, 0.1) is 0 Å². The van der Waals surface area contributed by atoms with Crippen molar-refractivity contribution in [1.29, 1.82) is 0 Å². The molecule has 136 valence electrons. The van der Waals surface area contributed by atoms with Gasteiger partial charge in [0.25, 0.3) is 0 Å². The number of benzene rings is 2. The zero-order valence-electron chi connectivity index (χ0n) is 13.9. The van der Waals surface area contributed by atoms with Crippen LogP contribution in [0.5, 0.6) is 0 Å². The molecule has 1 amide bonds. The van der Waals surface area contributed by atoms with Gasteiger partial charge >= 0.3 is 5.97 Å². The first kappa shape index (κ1) is 16.7. The maximum atomic E-state index is 12.1. The SMILES string of the molecule is N[C@@H]1C(=O)N2C(C(=O)O)=C(Sc3ccc4oc5ccccc5c4c3)CS[C@@H]12. The van der Waals surface area contributed by atoms with Gasteiger partial charge in [0.1, 0.15) is 28.3 Å². The molecule has 6 nitrogen and oxygen atoms in total. The minimum absolute atomic E-state index is 0.0487. The quantitative estimate of drug-likeness (QED) is 0.654. The van der Waals surface area contributed by atoms with Gasteiger partial charge in [-0.15, -0.1) is 11.8 Å². The highest BCUT2D eigenvalue weighted by molar-refractivity contribution is 8.06. The number of carboxylic acid groups (broad SMARTS) is 1. The molecule has 0 spiro atoms. The van der Waals surface area contributed by atoms with E-state index in [1.54, 1.807) is 0 Å². The highest BCUT2D eigenvalue weighted by Crippen LogP contribution is 2.45. The number of aliphatic carboxylic acids is 1. The zero-order chi connectivity index (χ0) is 18.7. The van der Waals surface area contributed by atoms with Crippen molar-refractivity contribution in [1.82, 2.24) is 4.90 Å². The zero-order valence-corrected chi connectivity index (χ0v) is 15.5. The standard InChI is InChI=1S/C19H14N2O4S2/c20-15-17(22)21-16(19(23)24)14(8-26-18(15)21)27-9-5-6-13-11(7-9)10-3-1-2-4-12(10)25-13/h1-7,15,18H,8,20H2,(H,23,24)/t15-,18+/m1/s1. The monoisotopic (exact) mass is 398 g/mol. The summed E-state index contributed by atoms with van der Waals surface area (Å²) in [5, 5.41) is 11.4. The molecule has 2 aromatic carbocycles. The summed E-state index contributed by atoms with van der Waals surface area (Å²) in [4.78, 5) is 26.7. The lowest BCUT2D eigenvalue weighted by atomic mass is 10.1. The molecule has 0 aliphatic carbocycles. The number of hydrogen-bond donors (Lipinski definition) is 2. The minimum atomic E-state index is -1.10. The van der Waals surface area contributed by atoms with Gasteiger partial charge in [-0.25, -0.2) is 4.79 Å². The molecule has 0 radical (unpaired) electrons. The van der Waals surface area contributed by atoms with Gasteiger partial charge in [-0.05, 0) is 24.3 Å². The van der Waals surface area contributed by atoms with Crippen LogP contribution >= 0.6 is 23.5 Å². The second-order valence-corrected chi connectivity index (χ2v) is 8.64. The van der Waals surface area contributed by atoms with Crippen LogP contribution in [0.3, 0.4) is 0 Å². The predicted molar refractivity (Wildman–Crippen MR) is 105 cm³/mol. The number of hydrogen-bond acceptors (Lipinski definition) is 6. The fourth-order valence-electron chi connectivity index (χ4n) is 3.48. The molecule has 0 bridgehead atoms. The van der Waals surface area contributed by atoms with Gasteiger partial charge < -0.3 is 15.3 Å². The molecule has 3 N–H and O–H groups in total. The largest absolute Gasteiger partial charge is 0.477 e. The molecular formula is C19H14N2O4S2. The van der Waals surface area contributed by atoms with E-state index in [2.05, 4.69) is 0 Å². The highest BCUT2D eigenvalue weighted by atomic mass is 32.2. The molecule has 0 unspecified atom stereocenters. The van der Waals surface area contributed by atoms with Gasteiger partial charge in [-0.3, -0.25) is 9.69 Å². The topological polar surface area (TPSA) is 96.8 Å². The fourth-order valence-corrected chi connectivity index (χ4v) is 5.94. The Morgan fingerprint density at radius 2 is 2.00 bits per heavy atom. The first-order chi connectivity index (χ1) is 13.0. The lowest BCUT2D eigenvalue weighted by Crippen LogP contribution is -2.68. The summed E-state index contributed by atoms with van der Waals surface area (Å²) < 4.78 is 5.84. The van der Waals surface area contributed by atoms with E-state index in [0.717, 1.165) is 26.8 Å². The van der Waals surface area contributed by atoms with Crippen molar-refractivity contribution in [3.63, 3.8) is 0 Å². The van der Waals surface area contributed by atoms with Gasteiger partial charge in [0.15, 0.2) is 0 Å². The summed E-state index contributed by atoms with van der Waals surface area (Å²) in [7, 11) is 0. The second kappa shape index (κ2) is 6.05. The Bertz CT molecular complexity index is 1150. The summed E-state index contributed by atoms with van der Waals surface area (Å²) >= 11 is 2.87. The Morgan fingerprint density at radius 1 is 1.22 bits per heavy atom. The van der Waals surface area contributed by atoms with Crippen LogP contribution in [-0.2, 0) is 9.59 Å². The molecule has 8 heteroatoms. The van der Waals surface area contributed by atoms with Gasteiger partial charge in [-0.1, -0.05) is 30.0 Å². The number of furan rings is 1. The maximum Gasteiger partial charge on any atom is 0.353 e. The Kier molecular flexibility index (Phi) is 3.75. The Labute approximate surface area is 162 Å². The molecule has 1 saturated heterocycles. The minimum Gasteiger partial charge on any atom is -0.477 e. The number of fused-ring (bicyclic) bond motifs is 4. The van der Waals surface area contributed by atoms with Crippen LogP contribution in [0.25, 0.3) is 21.9 Å². The number of para-hydroxylation sites is 1. The van der Waals surface area contributed by atoms with Crippen molar-refractivity contribution < 1.29 is 19.1 Å². The van der Waals surface area contributed by atoms with Crippen LogP contribution in [-0.4, -0.2) is 39.1 Å². The van der Waals surface area contributed by atoms with Crippen LogP contribution in [0.15, 0.2) is 62.4 Å². The van der Waals surface area contributed by atoms with E-state index in [0.29, 0.717) is 10.7 Å². The predicted octanol–water partition coefficient (Wildman–Crippen LogP) is 3.22. The van der Waals surface area contributed by atoms with Crippen LogP contribution in [0.2, 0.25) is 0 Å². The Balaban J connectivity index is 1.56. The van der Waals surface area contributed by atoms with Crippen LogP contribution in [0.4, 0.5) is 0 Å². The van der Waals surface area contributed by atoms with Crippen molar-refractivity contribution >= 4 is 57.3 Å². The molecule has 2 aliphatic heterocycles. The summed E-state index contributed by atoms with van der Waals surface area (Å²) in [5.41, 5.74) is 7.45. The molecule has 3 aromatic rings. The number of nitrogens with two attached hydrogens (primary N) is 1. The molecular weight excluding hydrogens is 384 g/mol. The lowest BCUT2D eigenvalue weighted by Gasteiger charge is -2.47.